The summed E-state index contributed by atoms with van der Waals surface area (Å²) in [6.07, 6.45) is -0.366. The predicted octanol–water partition coefficient (Wildman–Crippen LogP) is 4.23. The molecule has 4 rings (SSSR count). The number of amides is 1. The Hall–Kier alpha value is -3.70. The maximum absolute atomic E-state index is 12.8. The quantitative estimate of drug-likeness (QED) is 0.587. The van der Waals surface area contributed by atoms with Crippen LogP contribution in [0.25, 0.3) is 5.69 Å². The second kappa shape index (κ2) is 8.68. The molecule has 9 nitrogen and oxygen atoms in total. The number of alkyl halides is 3. The van der Waals surface area contributed by atoms with Crippen molar-refractivity contribution in [2.75, 3.05) is 16.8 Å². The van der Waals surface area contributed by atoms with Gasteiger partial charge in [-0.05, 0) is 37.1 Å². The standard InChI is InChI=1S/C21H22F3N7O2/c1-12(2)17-9-33-20(32)31(17)19-26-10-25-18(29-19)28-13(3)16-8-30(11-27-16)15-6-4-14(5-7-15)21(22,23)24/h4-8,10-13,17H,9H2,1-3H3,(H,25,26,28,29)/t13-,17+/m0/s1. The molecule has 1 aromatic carbocycles. The van der Waals surface area contributed by atoms with E-state index < -0.39 is 17.8 Å². The SMILES string of the molecule is CC(C)[C@H]1COC(=O)N1c1ncnc(N[C@@H](C)c2cn(-c3ccc(C(F)(F)F)cc3)cn2)n1. The Labute approximate surface area is 187 Å². The largest absolute Gasteiger partial charge is 0.447 e. The van der Waals surface area contributed by atoms with Gasteiger partial charge in [0.25, 0.3) is 0 Å². The monoisotopic (exact) mass is 461 g/mol. The fourth-order valence-corrected chi connectivity index (χ4v) is 3.42. The van der Waals surface area contributed by atoms with Crippen LogP contribution < -0.4 is 10.2 Å². The van der Waals surface area contributed by atoms with Gasteiger partial charge in [0.2, 0.25) is 11.9 Å². The molecule has 2 aromatic heterocycles. The Morgan fingerprint density at radius 1 is 1.12 bits per heavy atom. The molecule has 0 bridgehead atoms. The first-order valence-electron chi connectivity index (χ1n) is 10.3. The number of hydrogen-bond donors (Lipinski definition) is 1. The van der Waals surface area contributed by atoms with Gasteiger partial charge in [0.1, 0.15) is 12.9 Å². The molecule has 12 heteroatoms. The number of carbonyl (C=O) groups excluding carboxylic acids is 1. The fourth-order valence-electron chi connectivity index (χ4n) is 3.42. The molecule has 1 N–H and O–H groups in total. The Morgan fingerprint density at radius 2 is 1.85 bits per heavy atom. The van der Waals surface area contributed by atoms with Gasteiger partial charge in [-0.2, -0.15) is 18.2 Å². The van der Waals surface area contributed by atoms with Crippen molar-refractivity contribution in [2.24, 2.45) is 5.92 Å². The number of hydrogen-bond acceptors (Lipinski definition) is 7. The molecule has 2 atom stereocenters. The van der Waals surface area contributed by atoms with Gasteiger partial charge >= 0.3 is 12.3 Å². The number of aromatic nitrogens is 5. The van der Waals surface area contributed by atoms with E-state index >= 15 is 0 Å². The highest BCUT2D eigenvalue weighted by atomic mass is 19.4. The van der Waals surface area contributed by atoms with E-state index in [1.54, 1.807) is 10.8 Å². The minimum atomic E-state index is -4.39. The first kappa shape index (κ1) is 22.5. The number of carbonyl (C=O) groups is 1. The van der Waals surface area contributed by atoms with Gasteiger partial charge in [0.05, 0.1) is 29.7 Å². The van der Waals surface area contributed by atoms with Crippen LogP contribution in [-0.4, -0.2) is 43.2 Å². The van der Waals surface area contributed by atoms with E-state index in [4.69, 9.17) is 4.74 Å². The molecular formula is C21H22F3N7O2. The molecule has 0 spiro atoms. The molecule has 1 amide bonds. The summed E-state index contributed by atoms with van der Waals surface area (Å²) in [5.41, 5.74) is 0.454. The lowest BCUT2D eigenvalue weighted by atomic mass is 10.1. The smallest absolute Gasteiger partial charge is 0.417 e. The summed E-state index contributed by atoms with van der Waals surface area (Å²) in [4.78, 5) is 30.5. The summed E-state index contributed by atoms with van der Waals surface area (Å²) < 4.78 is 45.1. The van der Waals surface area contributed by atoms with Gasteiger partial charge in [-0.25, -0.2) is 24.6 Å². The summed E-state index contributed by atoms with van der Waals surface area (Å²) in [5, 5.41) is 3.11. The highest BCUT2D eigenvalue weighted by Crippen LogP contribution is 2.30. The minimum Gasteiger partial charge on any atom is -0.447 e. The van der Waals surface area contributed by atoms with E-state index in [1.165, 1.54) is 29.7 Å². The van der Waals surface area contributed by atoms with Crippen LogP contribution in [0, 0.1) is 5.92 Å². The summed E-state index contributed by atoms with van der Waals surface area (Å²) in [5.74, 6) is 0.590. The third kappa shape index (κ3) is 4.73. The lowest BCUT2D eigenvalue weighted by Crippen LogP contribution is -2.38. The number of nitrogens with one attached hydrogen (secondary N) is 1. The Bertz CT molecular complexity index is 1130. The number of ether oxygens (including phenoxy) is 1. The number of anilines is 2. The van der Waals surface area contributed by atoms with Gasteiger partial charge in [0.15, 0.2) is 0 Å². The second-order valence-electron chi connectivity index (χ2n) is 7.98. The number of nitrogens with zero attached hydrogens (tertiary/aromatic N) is 6. The summed E-state index contributed by atoms with van der Waals surface area (Å²) in [7, 11) is 0. The third-order valence-electron chi connectivity index (χ3n) is 5.33. The summed E-state index contributed by atoms with van der Waals surface area (Å²) >= 11 is 0. The molecule has 0 aliphatic carbocycles. The molecule has 0 unspecified atom stereocenters. The zero-order valence-corrected chi connectivity index (χ0v) is 18.1. The highest BCUT2D eigenvalue weighted by molar-refractivity contribution is 5.88. The molecular weight excluding hydrogens is 439 g/mol. The Kier molecular flexibility index (Phi) is 5.91. The van der Waals surface area contributed by atoms with E-state index in [0.717, 1.165) is 12.1 Å². The lowest BCUT2D eigenvalue weighted by molar-refractivity contribution is -0.137. The van der Waals surface area contributed by atoms with Crippen molar-refractivity contribution in [3.8, 4) is 5.69 Å². The van der Waals surface area contributed by atoms with E-state index in [2.05, 4.69) is 25.3 Å². The first-order chi connectivity index (χ1) is 15.6. The van der Waals surface area contributed by atoms with Crippen molar-refractivity contribution in [3.05, 3.63) is 54.4 Å². The Morgan fingerprint density at radius 3 is 2.52 bits per heavy atom. The number of imidazole rings is 1. The normalized spacial score (nSPS) is 17.4. The van der Waals surface area contributed by atoms with Crippen LogP contribution >= 0.6 is 0 Å². The third-order valence-corrected chi connectivity index (χ3v) is 5.33. The molecule has 1 fully saturated rings. The van der Waals surface area contributed by atoms with Gasteiger partial charge in [-0.15, -0.1) is 0 Å². The van der Waals surface area contributed by atoms with E-state index in [-0.39, 0.29) is 36.5 Å². The molecule has 33 heavy (non-hydrogen) atoms. The molecule has 1 aliphatic rings. The van der Waals surface area contributed by atoms with Crippen molar-refractivity contribution < 1.29 is 22.7 Å². The number of halogens is 3. The van der Waals surface area contributed by atoms with Crippen molar-refractivity contribution in [2.45, 2.75) is 39.0 Å². The van der Waals surface area contributed by atoms with Crippen molar-refractivity contribution in [1.82, 2.24) is 24.5 Å². The van der Waals surface area contributed by atoms with Crippen molar-refractivity contribution in [3.63, 3.8) is 0 Å². The summed E-state index contributed by atoms with van der Waals surface area (Å²) in [6, 6.07) is 4.30. The van der Waals surface area contributed by atoms with Crippen LogP contribution in [0.5, 0.6) is 0 Å². The average Bonchev–Trinajstić information content (AvgIpc) is 3.41. The highest BCUT2D eigenvalue weighted by Gasteiger charge is 2.38. The van der Waals surface area contributed by atoms with Crippen molar-refractivity contribution in [1.29, 1.82) is 0 Å². The maximum atomic E-state index is 12.8. The molecule has 1 aliphatic heterocycles. The van der Waals surface area contributed by atoms with E-state index in [9.17, 15) is 18.0 Å². The van der Waals surface area contributed by atoms with Crippen molar-refractivity contribution >= 4 is 18.0 Å². The van der Waals surface area contributed by atoms with Gasteiger partial charge < -0.3 is 14.6 Å². The predicted molar refractivity (Wildman–Crippen MR) is 113 cm³/mol. The van der Waals surface area contributed by atoms with E-state index in [0.29, 0.717) is 11.4 Å². The Balaban J connectivity index is 1.48. The number of benzene rings is 1. The van der Waals surface area contributed by atoms with E-state index in [1.807, 2.05) is 20.8 Å². The minimum absolute atomic E-state index is 0.151. The molecule has 3 aromatic rings. The summed E-state index contributed by atoms with van der Waals surface area (Å²) in [6.45, 7) is 6.07. The van der Waals surface area contributed by atoms with Gasteiger partial charge in [0, 0.05) is 11.9 Å². The van der Waals surface area contributed by atoms with Gasteiger partial charge in [-0.1, -0.05) is 13.8 Å². The number of cyclic esters (lactones) is 1. The molecule has 0 saturated carbocycles. The molecule has 174 valence electrons. The first-order valence-corrected chi connectivity index (χ1v) is 10.3. The second-order valence-corrected chi connectivity index (χ2v) is 7.98. The van der Waals surface area contributed by atoms with Crippen LogP contribution in [0.2, 0.25) is 0 Å². The fraction of sp³-hybridized carbons (Fsp3) is 0.381. The van der Waals surface area contributed by atoms with Crippen LogP contribution in [0.3, 0.4) is 0 Å². The van der Waals surface area contributed by atoms with Crippen LogP contribution in [0.1, 0.15) is 38.1 Å². The zero-order chi connectivity index (χ0) is 23.8. The van der Waals surface area contributed by atoms with Crippen LogP contribution in [-0.2, 0) is 10.9 Å². The zero-order valence-electron chi connectivity index (χ0n) is 18.1. The lowest BCUT2D eigenvalue weighted by Gasteiger charge is -2.22. The average molecular weight is 461 g/mol. The topological polar surface area (TPSA) is 98.1 Å². The maximum Gasteiger partial charge on any atom is 0.417 e. The molecule has 1 saturated heterocycles. The molecule has 3 heterocycles. The number of rotatable bonds is 6. The van der Waals surface area contributed by atoms with Crippen LogP contribution in [0.4, 0.5) is 29.9 Å². The van der Waals surface area contributed by atoms with Crippen LogP contribution in [0.15, 0.2) is 43.1 Å². The van der Waals surface area contributed by atoms with Gasteiger partial charge in [-0.3, -0.25) is 0 Å². The molecule has 0 radical (unpaired) electrons.